The van der Waals surface area contributed by atoms with E-state index in [1.807, 2.05) is 22.6 Å². The smallest absolute Gasteiger partial charge is 0.258 e. The molecule has 176 valence electrons. The fraction of sp³-hybridized carbons (Fsp3) is 0. The normalized spacial score (nSPS) is 9.41. The summed E-state index contributed by atoms with van der Waals surface area (Å²) in [4.78, 5) is 30.6. The summed E-state index contributed by atoms with van der Waals surface area (Å²) in [5, 5.41) is 32.4. The number of nitrogens with zero attached hydrogens (tertiary/aromatic N) is 3. The topological polar surface area (TPSA) is 129 Å². The maximum atomic E-state index is 11.0. The molecular formula is C20H10Cl3I2N3O6. The third kappa shape index (κ3) is 7.64. The second-order valence-electron chi connectivity index (χ2n) is 5.86. The molecule has 3 aromatic rings. The summed E-state index contributed by atoms with van der Waals surface area (Å²) in [6.07, 6.45) is 0. The molecule has 0 N–H and O–H groups in total. The van der Waals surface area contributed by atoms with Gasteiger partial charge in [0.05, 0.1) is 18.3 Å². The molecule has 0 fully saturated rings. The van der Waals surface area contributed by atoms with Gasteiger partial charge in [0.1, 0.15) is 26.2 Å². The van der Waals surface area contributed by atoms with Crippen molar-refractivity contribution in [2.75, 3.05) is 0 Å². The highest BCUT2D eigenvalue weighted by Gasteiger charge is 2.19. The van der Waals surface area contributed by atoms with E-state index in [0.717, 1.165) is 0 Å². The number of nitro groups is 3. The van der Waals surface area contributed by atoms with Crippen molar-refractivity contribution in [2.45, 2.75) is 0 Å². The van der Waals surface area contributed by atoms with Crippen molar-refractivity contribution in [1.82, 2.24) is 0 Å². The van der Waals surface area contributed by atoms with E-state index in [4.69, 9.17) is 34.8 Å². The van der Waals surface area contributed by atoms with Crippen molar-refractivity contribution in [3.8, 4) is 11.8 Å². The van der Waals surface area contributed by atoms with Gasteiger partial charge in [-0.05, 0) is 59.0 Å². The van der Waals surface area contributed by atoms with Gasteiger partial charge in [0, 0.05) is 0 Å². The second-order valence-corrected chi connectivity index (χ2v) is 8.25. The molecular weight excluding hydrogens is 738 g/mol. The highest BCUT2D eigenvalue weighted by Crippen LogP contribution is 2.30. The lowest BCUT2D eigenvalue weighted by atomic mass is 10.1. The van der Waals surface area contributed by atoms with Crippen LogP contribution in [0.3, 0.4) is 0 Å². The minimum Gasteiger partial charge on any atom is -0.258 e. The van der Waals surface area contributed by atoms with Gasteiger partial charge >= 0.3 is 17.1 Å². The average Bonchev–Trinajstić information content (AvgIpc) is 2.71. The molecule has 0 aromatic heterocycles. The van der Waals surface area contributed by atoms with Gasteiger partial charge in [0.25, 0.3) is 0 Å². The fourth-order valence-corrected chi connectivity index (χ4v) is 3.99. The SMILES string of the molecule is I.O=[N+]([O-])c1c(Cl)cccc1C#Cc1cccc(Cl)c1[N+](=O)[O-].O=[N+]([O-])c1c(Cl)cccc1I. The zero-order chi connectivity index (χ0) is 24.7. The van der Waals surface area contributed by atoms with Gasteiger partial charge in [-0.25, -0.2) is 0 Å². The van der Waals surface area contributed by atoms with E-state index >= 15 is 0 Å². The van der Waals surface area contributed by atoms with Crippen molar-refractivity contribution in [3.05, 3.63) is 115 Å². The minimum absolute atomic E-state index is 0. The van der Waals surface area contributed by atoms with Crippen LogP contribution >= 0.6 is 81.4 Å². The highest BCUT2D eigenvalue weighted by atomic mass is 127. The Morgan fingerprint density at radius 2 is 0.941 bits per heavy atom. The van der Waals surface area contributed by atoms with Crippen molar-refractivity contribution in [2.24, 2.45) is 0 Å². The number of benzene rings is 3. The summed E-state index contributed by atoms with van der Waals surface area (Å²) in [5.74, 6) is 5.07. The molecule has 14 heteroatoms. The quantitative estimate of drug-likeness (QED) is 0.117. The molecule has 0 saturated heterocycles. The van der Waals surface area contributed by atoms with E-state index in [1.54, 1.807) is 12.1 Å². The van der Waals surface area contributed by atoms with Gasteiger partial charge < -0.3 is 0 Å². The summed E-state index contributed by atoms with van der Waals surface area (Å²) in [6.45, 7) is 0. The molecule has 0 saturated carbocycles. The Balaban J connectivity index is 0.000000407. The van der Waals surface area contributed by atoms with Crippen LogP contribution in [0.5, 0.6) is 0 Å². The molecule has 0 aliphatic heterocycles. The van der Waals surface area contributed by atoms with E-state index in [9.17, 15) is 30.3 Å². The molecule has 34 heavy (non-hydrogen) atoms. The van der Waals surface area contributed by atoms with Crippen molar-refractivity contribution in [3.63, 3.8) is 0 Å². The monoisotopic (exact) mass is 747 g/mol. The van der Waals surface area contributed by atoms with Crippen molar-refractivity contribution in [1.29, 1.82) is 0 Å². The number of halogens is 5. The highest BCUT2D eigenvalue weighted by molar-refractivity contribution is 14.1. The van der Waals surface area contributed by atoms with E-state index in [1.165, 1.54) is 42.5 Å². The number of hydrogen-bond acceptors (Lipinski definition) is 6. The van der Waals surface area contributed by atoms with E-state index in [0.29, 0.717) is 3.57 Å². The molecule has 3 aromatic carbocycles. The molecule has 0 atom stereocenters. The van der Waals surface area contributed by atoms with E-state index in [-0.39, 0.29) is 67.2 Å². The van der Waals surface area contributed by atoms with Gasteiger partial charge in [-0.2, -0.15) is 0 Å². The summed E-state index contributed by atoms with van der Waals surface area (Å²) in [7, 11) is 0. The summed E-state index contributed by atoms with van der Waals surface area (Å²) in [6, 6.07) is 13.4. The van der Waals surface area contributed by atoms with Gasteiger partial charge in [-0.3, -0.25) is 30.3 Å². The minimum atomic E-state index is -0.654. The lowest BCUT2D eigenvalue weighted by Crippen LogP contribution is -1.94. The number of nitro benzene ring substituents is 3. The van der Waals surface area contributed by atoms with Crippen LogP contribution < -0.4 is 0 Å². The summed E-state index contributed by atoms with van der Waals surface area (Å²) >= 11 is 19.0. The van der Waals surface area contributed by atoms with Crippen LogP contribution in [0.15, 0.2) is 54.6 Å². The number of para-hydroxylation sites is 3. The third-order valence-electron chi connectivity index (χ3n) is 3.79. The molecule has 9 nitrogen and oxygen atoms in total. The Morgan fingerprint density at radius 3 is 1.24 bits per heavy atom. The van der Waals surface area contributed by atoms with Gasteiger partial charge in [-0.1, -0.05) is 64.8 Å². The first kappa shape index (κ1) is 29.8. The van der Waals surface area contributed by atoms with Crippen molar-refractivity contribution < 1.29 is 14.8 Å². The fourth-order valence-electron chi connectivity index (χ4n) is 2.40. The van der Waals surface area contributed by atoms with Crippen LogP contribution in [0.25, 0.3) is 0 Å². The van der Waals surface area contributed by atoms with Crippen LogP contribution in [0, 0.1) is 45.8 Å². The van der Waals surface area contributed by atoms with Gasteiger partial charge in [-0.15, -0.1) is 24.0 Å². The molecule has 0 amide bonds. The first-order valence-electron chi connectivity index (χ1n) is 8.50. The number of rotatable bonds is 3. The molecule has 3 rings (SSSR count). The van der Waals surface area contributed by atoms with Crippen LogP contribution in [-0.4, -0.2) is 14.8 Å². The largest absolute Gasteiger partial charge is 0.303 e. The van der Waals surface area contributed by atoms with Crippen LogP contribution in [0.4, 0.5) is 17.1 Å². The number of hydrogen-bond donors (Lipinski definition) is 0. The van der Waals surface area contributed by atoms with Gasteiger partial charge in [0.15, 0.2) is 0 Å². The predicted octanol–water partition coefficient (Wildman–Crippen LogP) is 7.68. The Bertz CT molecular complexity index is 1240. The Hall–Kier alpha value is -2.25. The Kier molecular flexibility index (Phi) is 11.9. The molecule has 0 heterocycles. The van der Waals surface area contributed by atoms with Crippen LogP contribution in [-0.2, 0) is 0 Å². The third-order valence-corrected chi connectivity index (χ3v) is 5.58. The molecule has 0 radical (unpaired) electrons. The zero-order valence-corrected chi connectivity index (χ0v) is 23.2. The van der Waals surface area contributed by atoms with Crippen LogP contribution in [0.1, 0.15) is 11.1 Å². The molecule has 0 aliphatic rings. The summed E-state index contributed by atoms with van der Waals surface area (Å²) < 4.78 is 0.556. The second kappa shape index (κ2) is 13.6. The standard InChI is InChI=1S/C14H6Cl2N2O4.C6H3ClINO2.HI/c15-11-5-1-3-9(13(11)17(19)20)7-8-10-4-2-6-12(16)14(10)18(21)22;7-4-2-1-3-5(8)6(4)9(10)11;/h1-6H;1-3H;1H. The maximum Gasteiger partial charge on any atom is 0.303 e. The molecule has 0 bridgehead atoms. The molecule has 0 unspecified atom stereocenters. The molecule has 0 aliphatic carbocycles. The Labute approximate surface area is 238 Å². The maximum absolute atomic E-state index is 11.0. The van der Waals surface area contributed by atoms with Crippen molar-refractivity contribution >= 4 is 98.4 Å². The Morgan fingerprint density at radius 1 is 0.618 bits per heavy atom. The lowest BCUT2D eigenvalue weighted by molar-refractivity contribution is -0.385. The average molecular weight is 748 g/mol. The van der Waals surface area contributed by atoms with E-state index < -0.39 is 14.8 Å². The predicted molar refractivity (Wildman–Crippen MR) is 148 cm³/mol. The molecule has 0 spiro atoms. The van der Waals surface area contributed by atoms with Gasteiger partial charge in [0.2, 0.25) is 0 Å². The zero-order valence-electron chi connectivity index (χ0n) is 16.4. The first-order chi connectivity index (χ1) is 15.5. The lowest BCUT2D eigenvalue weighted by Gasteiger charge is -1.98. The van der Waals surface area contributed by atoms with Crippen LogP contribution in [0.2, 0.25) is 15.1 Å². The first-order valence-corrected chi connectivity index (χ1v) is 10.7. The summed E-state index contributed by atoms with van der Waals surface area (Å²) in [5.41, 5.74) is -0.587. The van der Waals surface area contributed by atoms with E-state index in [2.05, 4.69) is 11.8 Å².